The summed E-state index contributed by atoms with van der Waals surface area (Å²) < 4.78 is 0. The Balaban J connectivity index is 3.02. The number of hydrogen-bond donors (Lipinski definition) is 1. The highest BCUT2D eigenvalue weighted by molar-refractivity contribution is 7.98. The van der Waals surface area contributed by atoms with E-state index < -0.39 is 0 Å². The Kier molecular flexibility index (Phi) is 9.64. The molecule has 0 heterocycles. The van der Waals surface area contributed by atoms with Crippen LogP contribution in [0.3, 0.4) is 0 Å². The molecule has 0 bridgehead atoms. The van der Waals surface area contributed by atoms with Crippen LogP contribution >= 0.6 is 11.8 Å². The third-order valence-electron chi connectivity index (χ3n) is 1.98. The molecule has 74 valence electrons. The average molecular weight is 189 g/mol. The smallest absolute Gasteiger partial charge is 0.00387 e. The van der Waals surface area contributed by atoms with Crippen LogP contribution in [-0.2, 0) is 0 Å². The summed E-state index contributed by atoms with van der Waals surface area (Å²) in [5.41, 5.74) is 0. The van der Waals surface area contributed by atoms with Gasteiger partial charge in [-0.15, -0.1) is 0 Å². The molecule has 0 aliphatic carbocycles. The Morgan fingerprint density at radius 2 is 2.08 bits per heavy atom. The first-order valence-corrected chi connectivity index (χ1v) is 6.43. The minimum atomic E-state index is 0.715. The fourth-order valence-electron chi connectivity index (χ4n) is 1.19. The molecule has 0 saturated carbocycles. The lowest BCUT2D eigenvalue weighted by Crippen LogP contribution is -2.26. The van der Waals surface area contributed by atoms with Crippen LogP contribution in [0, 0.1) is 0 Å². The van der Waals surface area contributed by atoms with Gasteiger partial charge in [-0.25, -0.2) is 0 Å². The topological polar surface area (TPSA) is 12.0 Å². The lowest BCUT2D eigenvalue weighted by Gasteiger charge is -2.12. The summed E-state index contributed by atoms with van der Waals surface area (Å²) in [6, 6.07) is 0.715. The van der Waals surface area contributed by atoms with E-state index in [0.717, 1.165) is 0 Å². The molecule has 0 saturated heterocycles. The summed E-state index contributed by atoms with van der Waals surface area (Å²) >= 11 is 1.95. The Labute approximate surface area is 81.7 Å². The Bertz CT molecular complexity index is 85.9. The minimum absolute atomic E-state index is 0.715. The van der Waals surface area contributed by atoms with E-state index in [-0.39, 0.29) is 0 Å². The quantitative estimate of drug-likeness (QED) is 0.589. The maximum Gasteiger partial charge on any atom is 0.00387 e. The van der Waals surface area contributed by atoms with Crippen molar-refractivity contribution in [2.75, 3.05) is 18.6 Å². The van der Waals surface area contributed by atoms with Crippen LogP contribution in [0.5, 0.6) is 0 Å². The molecule has 0 aromatic rings. The van der Waals surface area contributed by atoms with Crippen LogP contribution in [0.25, 0.3) is 0 Å². The zero-order valence-corrected chi connectivity index (χ0v) is 9.54. The van der Waals surface area contributed by atoms with Crippen LogP contribution in [0.4, 0.5) is 0 Å². The van der Waals surface area contributed by atoms with Crippen molar-refractivity contribution in [3.05, 3.63) is 0 Å². The molecular formula is C10H23NS. The fourth-order valence-corrected chi connectivity index (χ4v) is 1.68. The summed E-state index contributed by atoms with van der Waals surface area (Å²) in [7, 11) is 0. The normalized spacial score (nSPS) is 13.2. The number of rotatable bonds is 8. The molecule has 0 radical (unpaired) electrons. The second-order valence-electron chi connectivity index (χ2n) is 3.34. The third kappa shape index (κ3) is 8.41. The van der Waals surface area contributed by atoms with Crippen LogP contribution in [0.15, 0.2) is 0 Å². The van der Waals surface area contributed by atoms with Crippen molar-refractivity contribution in [3.63, 3.8) is 0 Å². The molecule has 2 heteroatoms. The van der Waals surface area contributed by atoms with Gasteiger partial charge in [0.15, 0.2) is 0 Å². The van der Waals surface area contributed by atoms with Gasteiger partial charge in [-0.3, -0.25) is 0 Å². The molecule has 0 aromatic carbocycles. The molecule has 0 rings (SSSR count). The molecule has 1 nitrogen and oxygen atoms in total. The van der Waals surface area contributed by atoms with Gasteiger partial charge < -0.3 is 5.32 Å². The van der Waals surface area contributed by atoms with Crippen molar-refractivity contribution in [2.24, 2.45) is 0 Å². The Morgan fingerprint density at radius 3 is 2.67 bits per heavy atom. The van der Waals surface area contributed by atoms with Gasteiger partial charge in [-0.2, -0.15) is 11.8 Å². The highest BCUT2D eigenvalue weighted by atomic mass is 32.2. The highest BCUT2D eigenvalue weighted by Gasteiger charge is 1.98. The van der Waals surface area contributed by atoms with Gasteiger partial charge in [0.25, 0.3) is 0 Å². The van der Waals surface area contributed by atoms with Crippen molar-refractivity contribution < 1.29 is 0 Å². The van der Waals surface area contributed by atoms with E-state index in [9.17, 15) is 0 Å². The predicted molar refractivity (Wildman–Crippen MR) is 60.0 cm³/mol. The van der Waals surface area contributed by atoms with Gasteiger partial charge >= 0.3 is 0 Å². The molecule has 0 aliphatic rings. The van der Waals surface area contributed by atoms with Crippen molar-refractivity contribution in [1.29, 1.82) is 0 Å². The van der Waals surface area contributed by atoms with Crippen LogP contribution < -0.4 is 5.32 Å². The molecule has 12 heavy (non-hydrogen) atoms. The minimum Gasteiger partial charge on any atom is -0.314 e. The van der Waals surface area contributed by atoms with E-state index in [4.69, 9.17) is 0 Å². The number of thioether (sulfide) groups is 1. The summed E-state index contributed by atoms with van der Waals surface area (Å²) in [5.74, 6) is 1.32. The maximum absolute atomic E-state index is 3.50. The highest BCUT2D eigenvalue weighted by Crippen LogP contribution is 2.04. The van der Waals surface area contributed by atoms with E-state index in [0.29, 0.717) is 6.04 Å². The second kappa shape index (κ2) is 9.40. The largest absolute Gasteiger partial charge is 0.314 e. The summed E-state index contributed by atoms with van der Waals surface area (Å²) in [4.78, 5) is 0. The van der Waals surface area contributed by atoms with Crippen LogP contribution in [-0.4, -0.2) is 24.6 Å². The van der Waals surface area contributed by atoms with Gasteiger partial charge in [-0.1, -0.05) is 13.3 Å². The zero-order valence-electron chi connectivity index (χ0n) is 8.73. The summed E-state index contributed by atoms with van der Waals surface area (Å²) in [6.45, 7) is 5.67. The SMILES string of the molecule is CCCNC(C)CCCCSC. The third-order valence-corrected chi connectivity index (χ3v) is 2.68. The van der Waals surface area contributed by atoms with Gasteiger partial charge in [-0.05, 0) is 44.7 Å². The molecule has 0 spiro atoms. The molecule has 1 unspecified atom stereocenters. The van der Waals surface area contributed by atoms with Crippen molar-refractivity contribution in [3.8, 4) is 0 Å². The molecule has 0 fully saturated rings. The van der Waals surface area contributed by atoms with E-state index >= 15 is 0 Å². The van der Waals surface area contributed by atoms with Crippen molar-refractivity contribution in [1.82, 2.24) is 5.32 Å². The van der Waals surface area contributed by atoms with Gasteiger partial charge in [0.2, 0.25) is 0 Å². The standard InChI is InChI=1S/C10H23NS/c1-4-8-11-10(2)7-5-6-9-12-3/h10-11H,4-9H2,1-3H3. The molecule has 0 amide bonds. The summed E-state index contributed by atoms with van der Waals surface area (Å²) in [6.07, 6.45) is 7.51. The van der Waals surface area contributed by atoms with Crippen molar-refractivity contribution in [2.45, 2.75) is 45.6 Å². The van der Waals surface area contributed by atoms with Gasteiger partial charge in [0.1, 0.15) is 0 Å². The maximum atomic E-state index is 3.50. The molecule has 1 N–H and O–H groups in total. The van der Waals surface area contributed by atoms with E-state index in [1.807, 2.05) is 11.8 Å². The first-order valence-electron chi connectivity index (χ1n) is 5.03. The van der Waals surface area contributed by atoms with E-state index in [2.05, 4.69) is 25.4 Å². The van der Waals surface area contributed by atoms with Crippen molar-refractivity contribution >= 4 is 11.8 Å². The number of unbranched alkanes of at least 4 members (excludes halogenated alkanes) is 1. The van der Waals surface area contributed by atoms with E-state index in [1.54, 1.807) is 0 Å². The number of nitrogens with one attached hydrogen (secondary N) is 1. The predicted octanol–water partition coefficient (Wildman–Crippen LogP) is 2.91. The van der Waals surface area contributed by atoms with Gasteiger partial charge in [0.05, 0.1) is 0 Å². The second-order valence-corrected chi connectivity index (χ2v) is 4.33. The average Bonchev–Trinajstić information content (AvgIpc) is 2.09. The lowest BCUT2D eigenvalue weighted by atomic mass is 10.1. The summed E-state index contributed by atoms with van der Waals surface area (Å²) in [5, 5.41) is 3.50. The Morgan fingerprint density at radius 1 is 1.33 bits per heavy atom. The van der Waals surface area contributed by atoms with Crippen LogP contribution in [0.2, 0.25) is 0 Å². The first kappa shape index (κ1) is 12.3. The lowest BCUT2D eigenvalue weighted by molar-refractivity contribution is 0.496. The van der Waals surface area contributed by atoms with Crippen LogP contribution in [0.1, 0.15) is 39.5 Å². The number of hydrogen-bond acceptors (Lipinski definition) is 2. The monoisotopic (exact) mass is 189 g/mol. The van der Waals surface area contributed by atoms with Gasteiger partial charge in [0, 0.05) is 6.04 Å². The molecular weight excluding hydrogens is 166 g/mol. The molecule has 0 aliphatic heterocycles. The first-order chi connectivity index (χ1) is 5.81. The Hall–Kier alpha value is 0.310. The molecule has 0 aromatic heterocycles. The fraction of sp³-hybridized carbons (Fsp3) is 1.00. The molecule has 1 atom stereocenters. The zero-order chi connectivity index (χ0) is 9.23. The van der Waals surface area contributed by atoms with E-state index in [1.165, 1.54) is 38.0 Å².